The number of rotatable bonds is 7. The number of phenolic OH excluding ortho intramolecular Hbond substituents is 2. The van der Waals surface area contributed by atoms with Gasteiger partial charge in [-0.05, 0) is 24.6 Å². The number of aliphatic hydroxyl groups excluding tert-OH is 6. The summed E-state index contributed by atoms with van der Waals surface area (Å²) < 4.78 is 33.7. The van der Waals surface area contributed by atoms with Crippen molar-refractivity contribution in [2.24, 2.45) is 0 Å². The lowest BCUT2D eigenvalue weighted by Crippen LogP contribution is -2.64. The Kier molecular flexibility index (Phi) is 10.5. The second-order valence-electron chi connectivity index (χ2n) is 10.6. The topological polar surface area (TPSA) is 234 Å². The molecule has 0 bridgehead atoms. The number of ketones is 1. The molecule has 5 rings (SSSR count). The second-order valence-corrected chi connectivity index (χ2v) is 10.6. The van der Waals surface area contributed by atoms with E-state index in [4.69, 9.17) is 28.4 Å². The van der Waals surface area contributed by atoms with Gasteiger partial charge in [-0.15, -0.1) is 12.4 Å². The highest BCUT2D eigenvalue weighted by Crippen LogP contribution is 2.43. The smallest absolute Gasteiger partial charge is 0.229 e. The van der Waals surface area contributed by atoms with Crippen molar-refractivity contribution in [1.82, 2.24) is 0 Å². The van der Waals surface area contributed by atoms with Gasteiger partial charge in [-0.1, -0.05) is 6.07 Å². The van der Waals surface area contributed by atoms with E-state index >= 15 is 0 Å². The van der Waals surface area contributed by atoms with Crippen LogP contribution < -0.4 is 14.2 Å². The van der Waals surface area contributed by atoms with Gasteiger partial charge >= 0.3 is 0 Å². The van der Waals surface area contributed by atoms with Crippen LogP contribution in [0.15, 0.2) is 30.3 Å². The zero-order valence-corrected chi connectivity index (χ0v) is 24.3. The molecule has 2 aromatic rings. The van der Waals surface area contributed by atoms with Crippen molar-refractivity contribution in [3.05, 3.63) is 41.5 Å². The fourth-order valence-electron chi connectivity index (χ4n) is 5.29. The van der Waals surface area contributed by atoms with E-state index in [-0.39, 0.29) is 47.4 Å². The molecular weight excluding hydrogens is 612 g/mol. The number of ether oxygens (including phenoxy) is 6. The van der Waals surface area contributed by atoms with E-state index in [0.29, 0.717) is 5.56 Å². The Hall–Kier alpha value is -2.96. The molecule has 0 radical (unpaired) electrons. The molecule has 44 heavy (non-hydrogen) atoms. The van der Waals surface area contributed by atoms with Gasteiger partial charge in [-0.3, -0.25) is 4.79 Å². The highest BCUT2D eigenvalue weighted by Gasteiger charge is 2.51. The van der Waals surface area contributed by atoms with Gasteiger partial charge in [0, 0.05) is 12.1 Å². The Labute approximate surface area is 257 Å². The number of carbonyl (C=O) groups excluding carboxylic acids is 1. The number of methoxy groups -OCH3 is 1. The predicted molar refractivity (Wildman–Crippen MR) is 148 cm³/mol. The third-order valence-electron chi connectivity index (χ3n) is 7.72. The molecule has 2 saturated heterocycles. The Morgan fingerprint density at radius 2 is 1.61 bits per heavy atom. The first-order valence-corrected chi connectivity index (χ1v) is 13.5. The minimum atomic E-state index is -1.76. The number of fused-ring (bicyclic) bond motifs is 1. The Morgan fingerprint density at radius 1 is 0.886 bits per heavy atom. The van der Waals surface area contributed by atoms with E-state index in [1.54, 1.807) is 6.07 Å². The summed E-state index contributed by atoms with van der Waals surface area (Å²) in [5.74, 6) is -1.06. The van der Waals surface area contributed by atoms with E-state index in [0.717, 1.165) is 6.07 Å². The average molecular weight is 647 g/mol. The summed E-state index contributed by atoms with van der Waals surface area (Å²) in [7, 11) is 1.39. The summed E-state index contributed by atoms with van der Waals surface area (Å²) >= 11 is 0. The summed E-state index contributed by atoms with van der Waals surface area (Å²) in [6.45, 7) is 0.699. The van der Waals surface area contributed by atoms with Crippen molar-refractivity contribution >= 4 is 18.2 Å². The highest BCUT2D eigenvalue weighted by atomic mass is 35.5. The van der Waals surface area contributed by atoms with Crippen LogP contribution in [0.25, 0.3) is 0 Å². The maximum absolute atomic E-state index is 13.0. The van der Waals surface area contributed by atoms with Crippen LogP contribution in [0.1, 0.15) is 35.4 Å². The van der Waals surface area contributed by atoms with Gasteiger partial charge < -0.3 is 69.3 Å². The molecule has 244 valence electrons. The first-order valence-electron chi connectivity index (χ1n) is 13.5. The van der Waals surface area contributed by atoms with Crippen molar-refractivity contribution in [1.29, 1.82) is 0 Å². The summed E-state index contributed by atoms with van der Waals surface area (Å²) in [6.07, 6.45) is -16.3. The molecule has 0 amide bonds. The molecule has 0 saturated carbocycles. The molecule has 3 aliphatic heterocycles. The van der Waals surface area contributed by atoms with Gasteiger partial charge in [0.15, 0.2) is 29.7 Å². The van der Waals surface area contributed by atoms with Crippen molar-refractivity contribution in [2.75, 3.05) is 13.7 Å². The first-order chi connectivity index (χ1) is 20.4. The molecule has 11 atom stereocenters. The number of aromatic hydroxyl groups is 2. The number of hydrogen-bond acceptors (Lipinski definition) is 15. The summed E-state index contributed by atoms with van der Waals surface area (Å²) in [6, 6.07) is 6.89. The van der Waals surface area contributed by atoms with Gasteiger partial charge in [0.1, 0.15) is 65.5 Å². The fraction of sp³-hybridized carbons (Fsp3) is 0.536. The zero-order valence-electron chi connectivity index (χ0n) is 23.5. The molecule has 3 heterocycles. The predicted octanol–water partition coefficient (Wildman–Crippen LogP) is -0.735. The van der Waals surface area contributed by atoms with Gasteiger partial charge in [-0.2, -0.15) is 0 Å². The molecule has 3 aliphatic rings. The van der Waals surface area contributed by atoms with E-state index in [1.165, 1.54) is 32.2 Å². The number of Topliss-reactive ketones (excluding diaryl/α,β-unsaturated/α-hetero) is 1. The molecule has 0 aliphatic carbocycles. The number of halogens is 1. The molecular formula is C28H35ClO15. The van der Waals surface area contributed by atoms with Crippen molar-refractivity contribution in [3.8, 4) is 28.7 Å². The minimum absolute atomic E-state index is 0. The van der Waals surface area contributed by atoms with Crippen molar-refractivity contribution < 1.29 is 74.1 Å². The van der Waals surface area contributed by atoms with Gasteiger partial charge in [0.05, 0.1) is 26.2 Å². The summed E-state index contributed by atoms with van der Waals surface area (Å²) in [5, 5.41) is 82.4. The molecule has 2 aromatic carbocycles. The Bertz CT molecular complexity index is 1330. The van der Waals surface area contributed by atoms with Crippen molar-refractivity contribution in [3.63, 3.8) is 0 Å². The third kappa shape index (κ3) is 6.39. The monoisotopic (exact) mass is 646 g/mol. The van der Waals surface area contributed by atoms with E-state index in [1.807, 2.05) is 0 Å². The number of phenols is 2. The molecule has 0 spiro atoms. The summed E-state index contributed by atoms with van der Waals surface area (Å²) in [4.78, 5) is 13.0. The lowest BCUT2D eigenvalue weighted by molar-refractivity contribution is -0.354. The molecule has 1 unspecified atom stereocenters. The second kappa shape index (κ2) is 13.6. The van der Waals surface area contributed by atoms with E-state index in [9.17, 15) is 45.6 Å². The maximum atomic E-state index is 13.0. The average Bonchev–Trinajstić information content (AvgIpc) is 2.97. The standard InChI is InChI=1S/C28H34O15.ClH/c1-10-21(33)23(35)25(37)27(39-10)43-26-24(36)22(34)19(9-29)42-28(26)40-12-6-14(31)20-15(32)8-17(41-18(20)7-12)11-3-4-16(38-2)13(30)5-11;/h3-7,10,17,19,21-31,33-37H,8-9H2,1-2H3;1H/t10-,17?,19+,21-,22+,23+,24-,25+,26+,27-,28+;/m0./s1. The fourth-order valence-corrected chi connectivity index (χ4v) is 5.29. The SMILES string of the molecule is COc1ccc(C2CC(=O)c3c(O)cc(O[C@@H]4O[C@H](CO)[C@@H](O)[C@H](O)[C@H]4O[C@@H]4O[C@@H](C)[C@H](O)[C@@H](O)[C@H]4O)cc3O2)cc1O.Cl. The largest absolute Gasteiger partial charge is 0.507 e. The third-order valence-corrected chi connectivity index (χ3v) is 7.72. The maximum Gasteiger partial charge on any atom is 0.229 e. The number of carbonyl (C=O) groups is 1. The van der Waals surface area contributed by atoms with Crippen LogP contribution in [-0.4, -0.2) is 122 Å². The normalized spacial score (nSPS) is 35.2. The number of hydrogen-bond donors (Lipinski definition) is 8. The van der Waals surface area contributed by atoms with Crippen LogP contribution >= 0.6 is 12.4 Å². The van der Waals surface area contributed by atoms with Gasteiger partial charge in [0.2, 0.25) is 6.29 Å². The van der Waals surface area contributed by atoms with Crippen molar-refractivity contribution in [2.45, 2.75) is 80.9 Å². The van der Waals surface area contributed by atoms with E-state index < -0.39 is 85.7 Å². The number of aliphatic hydroxyl groups is 6. The lowest BCUT2D eigenvalue weighted by atomic mass is 9.95. The minimum Gasteiger partial charge on any atom is -0.507 e. The summed E-state index contributed by atoms with van der Waals surface area (Å²) in [5.41, 5.74) is 0.352. The zero-order chi connectivity index (χ0) is 31.2. The van der Waals surface area contributed by atoms with E-state index in [2.05, 4.69) is 0 Å². The van der Waals surface area contributed by atoms with Crippen LogP contribution in [0.4, 0.5) is 0 Å². The molecule has 8 N–H and O–H groups in total. The Morgan fingerprint density at radius 3 is 2.27 bits per heavy atom. The van der Waals surface area contributed by atoms with Gasteiger partial charge in [-0.25, -0.2) is 0 Å². The Balaban J connectivity index is 0.00000442. The highest BCUT2D eigenvalue weighted by molar-refractivity contribution is 6.02. The van der Waals surface area contributed by atoms with Crippen LogP contribution in [0.2, 0.25) is 0 Å². The van der Waals surface area contributed by atoms with Crippen LogP contribution in [-0.2, 0) is 14.2 Å². The van der Waals surface area contributed by atoms with Crippen LogP contribution in [0.5, 0.6) is 28.7 Å². The van der Waals surface area contributed by atoms with Crippen LogP contribution in [0.3, 0.4) is 0 Å². The molecule has 15 nitrogen and oxygen atoms in total. The molecule has 2 fully saturated rings. The lowest BCUT2D eigenvalue weighted by Gasteiger charge is -2.45. The quantitative estimate of drug-likeness (QED) is 0.185. The van der Waals surface area contributed by atoms with Gasteiger partial charge in [0.25, 0.3) is 0 Å². The first kappa shape index (κ1) is 33.9. The number of benzene rings is 2. The molecule has 0 aromatic heterocycles. The van der Waals surface area contributed by atoms with Crippen LogP contribution in [0, 0.1) is 0 Å². The molecule has 16 heteroatoms.